The largest absolute Gasteiger partial charge is 0.368 e. The Kier molecular flexibility index (Phi) is 7.03. The molecule has 0 atom stereocenters. The summed E-state index contributed by atoms with van der Waals surface area (Å²) in [5.74, 6) is 0.246. The maximum Gasteiger partial charge on any atom is 0.275 e. The third kappa shape index (κ3) is 5.70. The summed E-state index contributed by atoms with van der Waals surface area (Å²) in [4.78, 5) is 9.59. The topological polar surface area (TPSA) is 79.6 Å². The van der Waals surface area contributed by atoms with Crippen LogP contribution in [-0.2, 0) is 0 Å². The molecule has 0 aliphatic rings. The zero-order chi connectivity index (χ0) is 11.0. The van der Waals surface area contributed by atoms with E-state index in [4.69, 9.17) is 0 Å². The summed E-state index contributed by atoms with van der Waals surface area (Å²) in [6.45, 7) is 0. The molecule has 2 N–H and O–H groups in total. The van der Waals surface area contributed by atoms with Gasteiger partial charge in [-0.05, 0) is 12.5 Å². The molecule has 0 aromatic carbocycles. The van der Waals surface area contributed by atoms with Crippen molar-refractivity contribution in [1.82, 2.24) is 10.7 Å². The van der Waals surface area contributed by atoms with Gasteiger partial charge >= 0.3 is 0 Å². The Morgan fingerprint density at radius 1 is 1.50 bits per heavy atom. The first-order valence-electron chi connectivity index (χ1n) is 3.58. The van der Waals surface area contributed by atoms with E-state index < -0.39 is 4.92 Å². The first-order valence-corrected chi connectivity index (χ1v) is 6.03. The number of nitrogens with one attached hydrogen (secondary N) is 2. The number of hydrogen-bond donors (Lipinski definition) is 2. The molecule has 0 amide bonds. The molecule has 0 saturated carbocycles. The fourth-order valence-corrected chi connectivity index (χ4v) is 1.48. The van der Waals surface area contributed by atoms with Crippen LogP contribution < -0.4 is 10.7 Å². The summed E-state index contributed by atoms with van der Waals surface area (Å²) >= 11 is 2.93. The summed E-state index contributed by atoms with van der Waals surface area (Å²) in [6.07, 6.45) is 4.59. The maximum atomic E-state index is 10.1. The molecule has 0 radical (unpaired) electrons. The molecule has 80 valence electrons. The Morgan fingerprint density at radius 2 is 2.07 bits per heavy atom. The zero-order valence-electron chi connectivity index (χ0n) is 8.10. The summed E-state index contributed by atoms with van der Waals surface area (Å²) in [7, 11) is 1.58. The van der Waals surface area contributed by atoms with Gasteiger partial charge in [0.25, 0.3) is 6.20 Å². The van der Waals surface area contributed by atoms with Crippen LogP contribution in [0.15, 0.2) is 17.1 Å². The molecule has 0 rings (SSSR count). The normalized spacial score (nSPS) is 10.6. The summed E-state index contributed by atoms with van der Waals surface area (Å²) in [5.41, 5.74) is 2.56. The lowest BCUT2D eigenvalue weighted by molar-refractivity contribution is -0.404. The average Bonchev–Trinajstić information content (AvgIpc) is 2.17. The Bertz CT molecular complexity index is 248. The van der Waals surface area contributed by atoms with Gasteiger partial charge in [0.15, 0.2) is 5.82 Å². The summed E-state index contributed by atoms with van der Waals surface area (Å²) in [5, 5.41) is 16.7. The quantitative estimate of drug-likeness (QED) is 0.326. The highest BCUT2D eigenvalue weighted by molar-refractivity contribution is 8.38. The monoisotopic (exact) mass is 236 g/mol. The van der Waals surface area contributed by atoms with Crippen LogP contribution in [-0.4, -0.2) is 28.9 Å². The van der Waals surface area contributed by atoms with Gasteiger partial charge in [-0.2, -0.15) is 5.10 Å². The van der Waals surface area contributed by atoms with Crippen molar-refractivity contribution in [2.75, 3.05) is 19.6 Å². The van der Waals surface area contributed by atoms with Crippen LogP contribution in [0, 0.1) is 10.1 Å². The molecule has 0 saturated heterocycles. The van der Waals surface area contributed by atoms with Gasteiger partial charge in [-0.3, -0.25) is 15.5 Å². The highest BCUT2D eigenvalue weighted by Crippen LogP contribution is 2.09. The fraction of sp³-hybridized carbons (Fsp3) is 0.500. The van der Waals surface area contributed by atoms with Gasteiger partial charge in [-0.1, -0.05) is 0 Å². The Balaban J connectivity index is 4.33. The predicted octanol–water partition coefficient (Wildman–Crippen LogP) is 0.868. The van der Waals surface area contributed by atoms with Crippen molar-refractivity contribution in [3.63, 3.8) is 0 Å². The molecule has 0 aliphatic carbocycles. The van der Waals surface area contributed by atoms with Gasteiger partial charge in [0.1, 0.15) is 4.38 Å². The van der Waals surface area contributed by atoms with E-state index in [2.05, 4.69) is 15.8 Å². The first kappa shape index (κ1) is 13.1. The van der Waals surface area contributed by atoms with E-state index in [1.807, 2.05) is 12.5 Å². The third-order valence-electron chi connectivity index (χ3n) is 1.12. The van der Waals surface area contributed by atoms with Crippen LogP contribution in [0.1, 0.15) is 0 Å². The summed E-state index contributed by atoms with van der Waals surface area (Å²) < 4.78 is 0.800. The molecular weight excluding hydrogens is 224 g/mol. The molecule has 6 nitrogen and oxygen atoms in total. The van der Waals surface area contributed by atoms with Gasteiger partial charge in [0.2, 0.25) is 0 Å². The lowest BCUT2D eigenvalue weighted by Gasteiger charge is -2.03. The SMILES string of the molecule is CN/C(=C\[N+](=O)[O-])NN=C(SC)SC. The van der Waals surface area contributed by atoms with E-state index in [1.165, 1.54) is 23.5 Å². The van der Waals surface area contributed by atoms with Crippen molar-refractivity contribution in [2.24, 2.45) is 5.10 Å². The Hall–Kier alpha value is -0.890. The molecule has 0 unspecified atom stereocenters. The fourth-order valence-electron chi connectivity index (χ4n) is 0.535. The van der Waals surface area contributed by atoms with E-state index in [1.54, 1.807) is 7.05 Å². The number of hydrogen-bond acceptors (Lipinski definition) is 7. The lowest BCUT2D eigenvalue weighted by Crippen LogP contribution is -2.20. The average molecular weight is 236 g/mol. The Morgan fingerprint density at radius 3 is 2.43 bits per heavy atom. The van der Waals surface area contributed by atoms with E-state index in [-0.39, 0.29) is 5.82 Å². The van der Waals surface area contributed by atoms with Crippen LogP contribution in [0.4, 0.5) is 0 Å². The third-order valence-corrected chi connectivity index (χ3v) is 3.00. The molecule has 0 aliphatic heterocycles. The van der Waals surface area contributed by atoms with Crippen molar-refractivity contribution in [2.45, 2.75) is 0 Å². The van der Waals surface area contributed by atoms with Gasteiger partial charge < -0.3 is 5.32 Å². The molecule has 0 spiro atoms. The number of nitro groups is 1. The number of rotatable bonds is 4. The minimum absolute atomic E-state index is 0.246. The van der Waals surface area contributed by atoms with E-state index in [0.717, 1.165) is 10.6 Å². The summed E-state index contributed by atoms with van der Waals surface area (Å²) in [6, 6.07) is 0. The van der Waals surface area contributed by atoms with Crippen molar-refractivity contribution >= 4 is 27.9 Å². The van der Waals surface area contributed by atoms with Crippen LogP contribution in [0.2, 0.25) is 0 Å². The standard InChI is InChI=1S/C6H12N4O2S2/c1-7-5(4-10(11)12)8-9-6(13-2)14-3/h4,7-8H,1-3H3/b5-4+. The second-order valence-corrected chi connectivity index (χ2v) is 3.82. The number of thioether (sulfide) groups is 2. The zero-order valence-corrected chi connectivity index (χ0v) is 9.74. The van der Waals surface area contributed by atoms with E-state index in [9.17, 15) is 10.1 Å². The smallest absolute Gasteiger partial charge is 0.275 e. The molecule has 0 fully saturated rings. The van der Waals surface area contributed by atoms with Crippen LogP contribution in [0.3, 0.4) is 0 Å². The van der Waals surface area contributed by atoms with E-state index in [0.29, 0.717) is 0 Å². The van der Waals surface area contributed by atoms with Crippen molar-refractivity contribution in [3.8, 4) is 0 Å². The highest BCUT2D eigenvalue weighted by Gasteiger charge is 1.99. The van der Waals surface area contributed by atoms with Crippen molar-refractivity contribution in [3.05, 3.63) is 22.1 Å². The second kappa shape index (κ2) is 7.51. The highest BCUT2D eigenvalue weighted by atomic mass is 32.2. The molecule has 0 heterocycles. The van der Waals surface area contributed by atoms with Crippen LogP contribution in [0.5, 0.6) is 0 Å². The number of hydrazone groups is 1. The molecule has 0 aromatic rings. The van der Waals surface area contributed by atoms with Gasteiger partial charge in [0, 0.05) is 7.05 Å². The van der Waals surface area contributed by atoms with Gasteiger partial charge in [0.05, 0.1) is 4.92 Å². The van der Waals surface area contributed by atoms with Crippen molar-refractivity contribution < 1.29 is 4.92 Å². The Labute approximate surface area is 90.7 Å². The van der Waals surface area contributed by atoms with E-state index >= 15 is 0 Å². The minimum Gasteiger partial charge on any atom is -0.368 e. The second-order valence-electron chi connectivity index (χ2n) is 1.98. The molecule has 0 bridgehead atoms. The van der Waals surface area contributed by atoms with Gasteiger partial charge in [-0.15, -0.1) is 23.5 Å². The molecular formula is C6H12N4O2S2. The minimum atomic E-state index is -0.549. The maximum absolute atomic E-state index is 10.1. The molecule has 0 aromatic heterocycles. The van der Waals surface area contributed by atoms with Crippen molar-refractivity contribution in [1.29, 1.82) is 0 Å². The van der Waals surface area contributed by atoms with Crippen LogP contribution in [0.25, 0.3) is 0 Å². The molecule has 14 heavy (non-hydrogen) atoms. The first-order chi connectivity index (χ1) is 6.63. The van der Waals surface area contributed by atoms with Crippen LogP contribution >= 0.6 is 23.5 Å². The predicted molar refractivity (Wildman–Crippen MR) is 61.7 cm³/mol. The lowest BCUT2D eigenvalue weighted by atomic mass is 10.7. The van der Waals surface area contributed by atoms with Gasteiger partial charge in [-0.25, -0.2) is 0 Å². The molecule has 8 heteroatoms. The number of nitrogens with zero attached hydrogens (tertiary/aromatic N) is 2.